The summed E-state index contributed by atoms with van der Waals surface area (Å²) in [6, 6.07) is 8.29. The van der Waals surface area contributed by atoms with Gasteiger partial charge in [-0.3, -0.25) is 9.69 Å². The number of ether oxygens (including phenoxy) is 2. The molecule has 2 atom stereocenters. The topological polar surface area (TPSA) is 50.8 Å². The van der Waals surface area contributed by atoms with E-state index >= 15 is 0 Å². The van der Waals surface area contributed by atoms with Crippen LogP contribution in [-0.4, -0.2) is 49.8 Å². The van der Waals surface area contributed by atoms with Gasteiger partial charge in [0.25, 0.3) is 0 Å². The zero-order valence-electron chi connectivity index (χ0n) is 15.4. The molecule has 0 bridgehead atoms. The van der Waals surface area contributed by atoms with Crippen molar-refractivity contribution in [3.63, 3.8) is 0 Å². The van der Waals surface area contributed by atoms with Gasteiger partial charge >= 0.3 is 0 Å². The number of methoxy groups -OCH3 is 1. The number of nitrogens with one attached hydrogen (secondary N) is 1. The molecule has 138 valence electrons. The maximum atomic E-state index is 12.5. The minimum absolute atomic E-state index is 0.104. The first-order valence-electron chi connectivity index (χ1n) is 9.41. The van der Waals surface area contributed by atoms with E-state index in [1.807, 2.05) is 18.2 Å². The van der Waals surface area contributed by atoms with Crippen molar-refractivity contribution >= 4 is 5.91 Å². The second kappa shape index (κ2) is 8.68. The Morgan fingerprint density at radius 3 is 2.84 bits per heavy atom. The fourth-order valence-electron chi connectivity index (χ4n) is 3.55. The lowest BCUT2D eigenvalue weighted by molar-refractivity contribution is -0.123. The van der Waals surface area contributed by atoms with E-state index in [1.165, 1.54) is 12.8 Å². The zero-order chi connectivity index (χ0) is 17.6. The molecule has 2 unspecified atom stereocenters. The van der Waals surface area contributed by atoms with E-state index in [2.05, 4.69) is 23.2 Å². The van der Waals surface area contributed by atoms with Crippen molar-refractivity contribution in [3.8, 4) is 5.75 Å². The van der Waals surface area contributed by atoms with E-state index in [-0.39, 0.29) is 18.1 Å². The molecule has 1 aliphatic carbocycles. The monoisotopic (exact) mass is 346 g/mol. The molecule has 2 fully saturated rings. The number of carbonyl (C=O) groups is 1. The summed E-state index contributed by atoms with van der Waals surface area (Å²) in [4.78, 5) is 14.7. The number of nitrogens with zero attached hydrogens (tertiary/aromatic N) is 1. The molecule has 0 spiro atoms. The Hall–Kier alpha value is -1.59. The predicted octanol–water partition coefficient (Wildman–Crippen LogP) is 2.59. The molecule has 2 aliphatic rings. The van der Waals surface area contributed by atoms with Crippen LogP contribution in [0.2, 0.25) is 0 Å². The molecule has 0 radical (unpaired) electrons. The molecule has 1 saturated carbocycles. The van der Waals surface area contributed by atoms with Crippen molar-refractivity contribution in [2.24, 2.45) is 5.92 Å². The summed E-state index contributed by atoms with van der Waals surface area (Å²) in [7, 11) is 1.69. The SMILES string of the molecule is COc1ccccc1CN(CC(=O)NC(C)C1CC1)CC1CCCO1. The highest BCUT2D eigenvalue weighted by molar-refractivity contribution is 5.78. The highest BCUT2D eigenvalue weighted by Crippen LogP contribution is 2.32. The summed E-state index contributed by atoms with van der Waals surface area (Å²) in [5, 5.41) is 3.16. The Morgan fingerprint density at radius 1 is 1.36 bits per heavy atom. The molecular formula is C20H30N2O3. The Bertz CT molecular complexity index is 568. The number of rotatable bonds is 9. The molecule has 1 aromatic carbocycles. The molecule has 0 aromatic heterocycles. The Labute approximate surface area is 150 Å². The van der Waals surface area contributed by atoms with Crippen molar-refractivity contribution in [2.45, 2.75) is 51.3 Å². The Kier molecular flexibility index (Phi) is 6.32. The number of carbonyl (C=O) groups excluding carboxylic acids is 1. The smallest absolute Gasteiger partial charge is 0.234 e. The van der Waals surface area contributed by atoms with E-state index in [1.54, 1.807) is 7.11 Å². The van der Waals surface area contributed by atoms with Crippen LogP contribution in [0.5, 0.6) is 5.75 Å². The Balaban J connectivity index is 1.62. The van der Waals surface area contributed by atoms with Gasteiger partial charge in [0.15, 0.2) is 0 Å². The first kappa shape index (κ1) is 18.2. The normalized spacial score (nSPS) is 21.3. The number of hydrogen-bond acceptors (Lipinski definition) is 4. The van der Waals surface area contributed by atoms with E-state index in [9.17, 15) is 4.79 Å². The molecule has 1 aromatic rings. The van der Waals surface area contributed by atoms with Gasteiger partial charge in [-0.15, -0.1) is 0 Å². The Morgan fingerprint density at radius 2 is 2.16 bits per heavy atom. The van der Waals surface area contributed by atoms with E-state index < -0.39 is 0 Å². The standard InChI is InChI=1S/C20H30N2O3/c1-15(16-9-10-16)21-20(23)14-22(13-18-7-5-11-25-18)12-17-6-3-4-8-19(17)24-2/h3-4,6,8,15-16,18H,5,7,9-14H2,1-2H3,(H,21,23). The van der Waals surface area contributed by atoms with Crippen LogP contribution in [0, 0.1) is 5.92 Å². The second-order valence-electron chi connectivity index (χ2n) is 7.31. The maximum absolute atomic E-state index is 12.5. The van der Waals surface area contributed by atoms with Crippen LogP contribution in [-0.2, 0) is 16.1 Å². The highest BCUT2D eigenvalue weighted by Gasteiger charge is 2.29. The summed E-state index contributed by atoms with van der Waals surface area (Å²) >= 11 is 0. The third-order valence-electron chi connectivity index (χ3n) is 5.16. The minimum Gasteiger partial charge on any atom is -0.496 e. The average Bonchev–Trinajstić information content (AvgIpc) is 3.33. The molecule has 5 nitrogen and oxygen atoms in total. The fraction of sp³-hybridized carbons (Fsp3) is 0.650. The third kappa shape index (κ3) is 5.44. The van der Waals surface area contributed by atoms with Crippen molar-refractivity contribution in [3.05, 3.63) is 29.8 Å². The van der Waals surface area contributed by atoms with Crippen LogP contribution in [0.25, 0.3) is 0 Å². The molecule has 5 heteroatoms. The number of hydrogen-bond donors (Lipinski definition) is 1. The maximum Gasteiger partial charge on any atom is 0.234 e. The van der Waals surface area contributed by atoms with E-state index in [0.29, 0.717) is 19.0 Å². The second-order valence-corrected chi connectivity index (χ2v) is 7.31. The van der Waals surface area contributed by atoms with Gasteiger partial charge in [-0.2, -0.15) is 0 Å². The molecule has 1 aliphatic heterocycles. The van der Waals surface area contributed by atoms with Crippen molar-refractivity contribution < 1.29 is 14.3 Å². The number of para-hydroxylation sites is 1. The fourth-order valence-corrected chi connectivity index (χ4v) is 3.55. The van der Waals surface area contributed by atoms with Crippen molar-refractivity contribution in [1.82, 2.24) is 10.2 Å². The first-order valence-corrected chi connectivity index (χ1v) is 9.41. The van der Waals surface area contributed by atoms with Crippen LogP contribution in [0.4, 0.5) is 0 Å². The summed E-state index contributed by atoms with van der Waals surface area (Å²) in [6.07, 6.45) is 4.88. The van der Waals surface area contributed by atoms with Gasteiger partial charge in [-0.1, -0.05) is 18.2 Å². The summed E-state index contributed by atoms with van der Waals surface area (Å²) in [6.45, 7) is 4.81. The van der Waals surface area contributed by atoms with Gasteiger partial charge in [-0.05, 0) is 44.6 Å². The zero-order valence-corrected chi connectivity index (χ0v) is 15.4. The molecule has 3 rings (SSSR count). The molecule has 1 amide bonds. The average molecular weight is 346 g/mol. The van der Waals surface area contributed by atoms with Crippen LogP contribution >= 0.6 is 0 Å². The summed E-state index contributed by atoms with van der Waals surface area (Å²) in [5.74, 6) is 1.64. The summed E-state index contributed by atoms with van der Waals surface area (Å²) in [5.41, 5.74) is 1.10. The molecule has 1 N–H and O–H groups in total. The quantitative estimate of drug-likeness (QED) is 0.747. The van der Waals surface area contributed by atoms with Crippen LogP contribution in [0.15, 0.2) is 24.3 Å². The minimum atomic E-state index is 0.104. The molecule has 1 heterocycles. The van der Waals surface area contributed by atoms with Crippen LogP contribution in [0.1, 0.15) is 38.2 Å². The number of benzene rings is 1. The van der Waals surface area contributed by atoms with Gasteiger partial charge < -0.3 is 14.8 Å². The summed E-state index contributed by atoms with van der Waals surface area (Å²) < 4.78 is 11.3. The van der Waals surface area contributed by atoms with Gasteiger partial charge in [-0.25, -0.2) is 0 Å². The lowest BCUT2D eigenvalue weighted by atomic mass is 10.1. The van der Waals surface area contributed by atoms with Gasteiger partial charge in [0.1, 0.15) is 5.75 Å². The van der Waals surface area contributed by atoms with Gasteiger partial charge in [0.2, 0.25) is 5.91 Å². The van der Waals surface area contributed by atoms with E-state index in [0.717, 1.165) is 37.3 Å². The predicted molar refractivity (Wildman–Crippen MR) is 97.6 cm³/mol. The van der Waals surface area contributed by atoms with Gasteiger partial charge in [0.05, 0.1) is 19.8 Å². The lowest BCUT2D eigenvalue weighted by Gasteiger charge is -2.26. The van der Waals surface area contributed by atoms with Crippen LogP contribution in [0.3, 0.4) is 0 Å². The molecule has 25 heavy (non-hydrogen) atoms. The van der Waals surface area contributed by atoms with E-state index in [4.69, 9.17) is 9.47 Å². The number of amides is 1. The molecule has 1 saturated heterocycles. The van der Waals surface area contributed by atoms with Gasteiger partial charge in [0, 0.05) is 31.3 Å². The van der Waals surface area contributed by atoms with Crippen molar-refractivity contribution in [1.29, 1.82) is 0 Å². The highest BCUT2D eigenvalue weighted by atomic mass is 16.5. The van der Waals surface area contributed by atoms with Crippen LogP contribution < -0.4 is 10.1 Å². The third-order valence-corrected chi connectivity index (χ3v) is 5.16. The first-order chi connectivity index (χ1) is 12.2. The largest absolute Gasteiger partial charge is 0.496 e. The molecular weight excluding hydrogens is 316 g/mol. The lowest BCUT2D eigenvalue weighted by Crippen LogP contribution is -2.43. The van der Waals surface area contributed by atoms with Crippen molar-refractivity contribution in [2.75, 3.05) is 26.8 Å².